The van der Waals surface area contributed by atoms with E-state index in [0.29, 0.717) is 15.6 Å². The third kappa shape index (κ3) is 4.23. The smallest absolute Gasteiger partial charge is 0.244 e. The molecular formula is C15H17Cl2NO2. The predicted octanol–water partition coefficient (Wildman–Crippen LogP) is 3.43. The number of nitrogens with one attached hydrogen (secondary N) is 1. The number of carbonyl (C=O) groups is 1. The van der Waals surface area contributed by atoms with Gasteiger partial charge < -0.3 is 10.4 Å². The van der Waals surface area contributed by atoms with Gasteiger partial charge >= 0.3 is 0 Å². The molecule has 2 atom stereocenters. The number of hydrogen-bond acceptors (Lipinski definition) is 2. The van der Waals surface area contributed by atoms with E-state index in [0.717, 1.165) is 25.7 Å². The van der Waals surface area contributed by atoms with E-state index in [-0.39, 0.29) is 11.9 Å². The van der Waals surface area contributed by atoms with Crippen LogP contribution in [0.1, 0.15) is 31.2 Å². The first-order valence-corrected chi connectivity index (χ1v) is 7.43. The maximum atomic E-state index is 11.8. The van der Waals surface area contributed by atoms with Gasteiger partial charge in [0.1, 0.15) is 0 Å². The van der Waals surface area contributed by atoms with Gasteiger partial charge in [-0.05, 0) is 42.7 Å². The molecule has 0 bridgehead atoms. The lowest BCUT2D eigenvalue weighted by molar-refractivity contribution is -0.118. The number of halogens is 2. The molecule has 108 valence electrons. The molecule has 20 heavy (non-hydrogen) atoms. The second-order valence-electron chi connectivity index (χ2n) is 4.97. The van der Waals surface area contributed by atoms with Gasteiger partial charge in [0, 0.05) is 16.1 Å². The average Bonchev–Trinajstić information content (AvgIpc) is 2.42. The third-order valence-corrected chi connectivity index (χ3v) is 4.01. The van der Waals surface area contributed by atoms with Gasteiger partial charge in [-0.1, -0.05) is 36.0 Å². The van der Waals surface area contributed by atoms with Crippen LogP contribution in [0, 0.1) is 0 Å². The molecule has 0 aromatic heterocycles. The molecule has 0 saturated heterocycles. The van der Waals surface area contributed by atoms with Crippen molar-refractivity contribution >= 4 is 35.2 Å². The number of carbonyl (C=O) groups excluding carboxylic acids is 1. The van der Waals surface area contributed by atoms with E-state index in [2.05, 4.69) is 5.32 Å². The van der Waals surface area contributed by atoms with Crippen molar-refractivity contribution in [3.8, 4) is 0 Å². The minimum atomic E-state index is -0.448. The van der Waals surface area contributed by atoms with Crippen LogP contribution in [0.15, 0.2) is 24.3 Å². The standard InChI is InChI=1S/C15H17Cl2NO2/c16-11-6-7-12(17)10(9-11)5-8-15(20)18-13-3-1-2-4-14(13)19/h5-9,13-14,19H,1-4H2,(H,18,20)/b8-5+/t13-,14-/m0/s1. The van der Waals surface area contributed by atoms with Crippen molar-refractivity contribution in [1.29, 1.82) is 0 Å². The second-order valence-corrected chi connectivity index (χ2v) is 5.81. The van der Waals surface area contributed by atoms with Crippen molar-refractivity contribution in [2.24, 2.45) is 0 Å². The quantitative estimate of drug-likeness (QED) is 0.840. The first-order valence-electron chi connectivity index (χ1n) is 6.68. The van der Waals surface area contributed by atoms with Gasteiger partial charge in [0.05, 0.1) is 12.1 Å². The van der Waals surface area contributed by atoms with E-state index < -0.39 is 6.10 Å². The number of aliphatic hydroxyl groups is 1. The van der Waals surface area contributed by atoms with E-state index in [4.69, 9.17) is 23.2 Å². The molecular weight excluding hydrogens is 297 g/mol. The SMILES string of the molecule is O=C(/C=C/c1cc(Cl)ccc1Cl)N[C@H]1CCCC[C@@H]1O. The van der Waals surface area contributed by atoms with Crippen molar-refractivity contribution in [3.63, 3.8) is 0 Å². The molecule has 1 saturated carbocycles. The van der Waals surface area contributed by atoms with E-state index in [1.165, 1.54) is 6.08 Å². The molecule has 0 radical (unpaired) electrons. The minimum absolute atomic E-state index is 0.157. The highest BCUT2D eigenvalue weighted by molar-refractivity contribution is 6.34. The topological polar surface area (TPSA) is 49.3 Å². The lowest BCUT2D eigenvalue weighted by Crippen LogP contribution is -2.44. The normalized spacial score (nSPS) is 22.9. The zero-order valence-corrected chi connectivity index (χ0v) is 12.5. The van der Waals surface area contributed by atoms with Crippen LogP contribution in [0.25, 0.3) is 6.08 Å². The second kappa shape index (κ2) is 7.11. The largest absolute Gasteiger partial charge is 0.391 e. The first-order chi connectivity index (χ1) is 9.56. The Kier molecular flexibility index (Phi) is 5.46. The molecule has 1 aromatic carbocycles. The Morgan fingerprint density at radius 3 is 2.80 bits per heavy atom. The highest BCUT2D eigenvalue weighted by Gasteiger charge is 2.23. The number of benzene rings is 1. The Bertz CT molecular complexity index is 517. The van der Waals surface area contributed by atoms with E-state index in [1.807, 2.05) is 0 Å². The van der Waals surface area contributed by atoms with Crippen LogP contribution in [0.4, 0.5) is 0 Å². The fourth-order valence-corrected chi connectivity index (χ4v) is 2.68. The van der Waals surface area contributed by atoms with Crippen LogP contribution in [0.5, 0.6) is 0 Å². The van der Waals surface area contributed by atoms with Crippen molar-refractivity contribution in [1.82, 2.24) is 5.32 Å². The van der Waals surface area contributed by atoms with Crippen molar-refractivity contribution in [2.45, 2.75) is 37.8 Å². The summed E-state index contributed by atoms with van der Waals surface area (Å²) in [6.07, 6.45) is 6.20. The lowest BCUT2D eigenvalue weighted by atomic mass is 9.92. The Morgan fingerprint density at radius 1 is 1.30 bits per heavy atom. The maximum Gasteiger partial charge on any atom is 0.244 e. The minimum Gasteiger partial charge on any atom is -0.391 e. The van der Waals surface area contributed by atoms with E-state index >= 15 is 0 Å². The molecule has 3 nitrogen and oxygen atoms in total. The Labute approximate surface area is 128 Å². The van der Waals surface area contributed by atoms with Crippen LogP contribution in [0.3, 0.4) is 0 Å². The maximum absolute atomic E-state index is 11.8. The number of aliphatic hydroxyl groups excluding tert-OH is 1. The molecule has 1 aromatic rings. The molecule has 0 heterocycles. The fraction of sp³-hybridized carbons (Fsp3) is 0.400. The summed E-state index contributed by atoms with van der Waals surface area (Å²) in [7, 11) is 0. The van der Waals surface area contributed by atoms with E-state index in [1.54, 1.807) is 24.3 Å². The monoisotopic (exact) mass is 313 g/mol. The molecule has 1 fully saturated rings. The van der Waals surface area contributed by atoms with Crippen molar-refractivity contribution in [2.75, 3.05) is 0 Å². The molecule has 0 unspecified atom stereocenters. The highest BCUT2D eigenvalue weighted by Crippen LogP contribution is 2.22. The lowest BCUT2D eigenvalue weighted by Gasteiger charge is -2.27. The van der Waals surface area contributed by atoms with Crippen LogP contribution in [-0.2, 0) is 4.79 Å². The molecule has 5 heteroatoms. The fourth-order valence-electron chi connectivity index (χ4n) is 2.32. The molecule has 0 spiro atoms. The Hall–Kier alpha value is -1.03. The van der Waals surface area contributed by atoms with Gasteiger partial charge in [0.15, 0.2) is 0 Å². The first kappa shape index (κ1) is 15.4. The highest BCUT2D eigenvalue weighted by atomic mass is 35.5. The molecule has 1 aliphatic rings. The van der Waals surface area contributed by atoms with Crippen molar-refractivity contribution in [3.05, 3.63) is 39.9 Å². The van der Waals surface area contributed by atoms with Gasteiger partial charge in [-0.25, -0.2) is 0 Å². The third-order valence-electron chi connectivity index (χ3n) is 3.43. The molecule has 2 N–H and O–H groups in total. The summed E-state index contributed by atoms with van der Waals surface area (Å²) in [6, 6.07) is 4.92. The van der Waals surface area contributed by atoms with Crippen LogP contribution in [-0.4, -0.2) is 23.2 Å². The summed E-state index contributed by atoms with van der Waals surface area (Å²) < 4.78 is 0. The number of rotatable bonds is 3. The van der Waals surface area contributed by atoms with Crippen LogP contribution >= 0.6 is 23.2 Å². The summed E-state index contributed by atoms with van der Waals surface area (Å²) in [4.78, 5) is 11.8. The zero-order chi connectivity index (χ0) is 14.5. The van der Waals surface area contributed by atoms with Gasteiger partial charge in [0.25, 0.3) is 0 Å². The predicted molar refractivity (Wildman–Crippen MR) is 81.9 cm³/mol. The molecule has 0 aliphatic heterocycles. The van der Waals surface area contributed by atoms with Gasteiger partial charge in [-0.2, -0.15) is 0 Å². The van der Waals surface area contributed by atoms with Crippen molar-refractivity contribution < 1.29 is 9.90 Å². The summed E-state index contributed by atoms with van der Waals surface area (Å²) in [6.45, 7) is 0. The number of amides is 1. The molecule has 1 amide bonds. The number of hydrogen-bond donors (Lipinski definition) is 2. The Balaban J connectivity index is 1.96. The summed E-state index contributed by atoms with van der Waals surface area (Å²) in [5.74, 6) is -0.230. The van der Waals surface area contributed by atoms with E-state index in [9.17, 15) is 9.90 Å². The van der Waals surface area contributed by atoms with Gasteiger partial charge in [-0.15, -0.1) is 0 Å². The summed E-state index contributed by atoms with van der Waals surface area (Å²) in [5.41, 5.74) is 0.693. The van der Waals surface area contributed by atoms with Crippen LogP contribution in [0.2, 0.25) is 10.0 Å². The average molecular weight is 314 g/mol. The summed E-state index contributed by atoms with van der Waals surface area (Å²) >= 11 is 11.9. The zero-order valence-electron chi connectivity index (χ0n) is 11.0. The van der Waals surface area contributed by atoms with Crippen LogP contribution < -0.4 is 5.32 Å². The van der Waals surface area contributed by atoms with Gasteiger partial charge in [0.2, 0.25) is 5.91 Å². The molecule has 2 rings (SSSR count). The summed E-state index contributed by atoms with van der Waals surface area (Å²) in [5, 5.41) is 13.7. The van der Waals surface area contributed by atoms with Gasteiger partial charge in [-0.3, -0.25) is 4.79 Å². The Morgan fingerprint density at radius 2 is 2.05 bits per heavy atom. The molecule has 1 aliphatic carbocycles.